The number of piperidine rings is 1. The largest absolute Gasteiger partial charge is 0.448 e. The fourth-order valence-corrected chi connectivity index (χ4v) is 2.60. The third-order valence-corrected chi connectivity index (χ3v) is 3.46. The average Bonchev–Trinajstić information content (AvgIpc) is 2.64. The Balaban J connectivity index is 1.88. The molecule has 0 aromatic carbocycles. The van der Waals surface area contributed by atoms with E-state index in [2.05, 4.69) is 15.9 Å². The van der Waals surface area contributed by atoms with Crippen LogP contribution in [0, 0.1) is 5.92 Å². The first-order valence-corrected chi connectivity index (χ1v) is 6.26. The zero-order valence-electron chi connectivity index (χ0n) is 8.71. The molecule has 84 valence electrons. The lowest BCUT2D eigenvalue weighted by atomic mass is 9.99. The Morgan fingerprint density at radius 2 is 2.40 bits per heavy atom. The number of halogens is 1. The molecular formula is C11H17BrNO2+. The topological polar surface area (TPSA) is 37.8 Å². The highest BCUT2D eigenvalue weighted by Gasteiger charge is 2.23. The van der Waals surface area contributed by atoms with Gasteiger partial charge in [0.15, 0.2) is 10.4 Å². The molecule has 4 heteroatoms. The van der Waals surface area contributed by atoms with E-state index in [1.165, 1.54) is 24.3 Å². The Bertz CT molecular complexity index is 313. The lowest BCUT2D eigenvalue weighted by Crippen LogP contribution is -3.12. The predicted octanol–water partition coefficient (Wildman–Crippen LogP) is 0.829. The van der Waals surface area contributed by atoms with E-state index < -0.39 is 0 Å². The summed E-state index contributed by atoms with van der Waals surface area (Å²) in [7, 11) is 0. The Morgan fingerprint density at radius 3 is 3.07 bits per heavy atom. The molecule has 1 aliphatic rings. The van der Waals surface area contributed by atoms with Crippen molar-refractivity contribution in [2.45, 2.75) is 19.4 Å². The smallest absolute Gasteiger partial charge is 0.169 e. The van der Waals surface area contributed by atoms with E-state index in [0.717, 1.165) is 23.5 Å². The van der Waals surface area contributed by atoms with Crippen LogP contribution in [0.5, 0.6) is 0 Å². The fraction of sp³-hybridized carbons (Fsp3) is 0.636. The van der Waals surface area contributed by atoms with E-state index in [1.54, 1.807) is 0 Å². The van der Waals surface area contributed by atoms with Crippen LogP contribution >= 0.6 is 15.9 Å². The van der Waals surface area contributed by atoms with Gasteiger partial charge in [-0.15, -0.1) is 0 Å². The van der Waals surface area contributed by atoms with Crippen molar-refractivity contribution < 1.29 is 14.4 Å². The van der Waals surface area contributed by atoms with Gasteiger partial charge in [-0.1, -0.05) is 0 Å². The monoisotopic (exact) mass is 274 g/mol. The highest BCUT2D eigenvalue weighted by Crippen LogP contribution is 2.13. The van der Waals surface area contributed by atoms with Gasteiger partial charge in [0.05, 0.1) is 19.7 Å². The highest BCUT2D eigenvalue weighted by atomic mass is 79.9. The lowest BCUT2D eigenvalue weighted by molar-refractivity contribution is -0.923. The molecule has 0 aliphatic carbocycles. The molecule has 2 atom stereocenters. The molecule has 1 aromatic heterocycles. The molecule has 0 bridgehead atoms. The van der Waals surface area contributed by atoms with Crippen LogP contribution < -0.4 is 4.90 Å². The molecule has 2 N–H and O–H groups in total. The van der Waals surface area contributed by atoms with Crippen molar-refractivity contribution >= 4 is 15.9 Å². The van der Waals surface area contributed by atoms with Crippen molar-refractivity contribution in [1.29, 1.82) is 0 Å². The van der Waals surface area contributed by atoms with Gasteiger partial charge < -0.3 is 14.4 Å². The van der Waals surface area contributed by atoms with E-state index in [4.69, 9.17) is 9.52 Å². The maximum Gasteiger partial charge on any atom is 0.169 e. The average molecular weight is 275 g/mol. The molecule has 1 unspecified atom stereocenters. The molecule has 15 heavy (non-hydrogen) atoms. The van der Waals surface area contributed by atoms with Gasteiger partial charge in [0.25, 0.3) is 0 Å². The van der Waals surface area contributed by atoms with Crippen LogP contribution in [-0.4, -0.2) is 24.8 Å². The standard InChI is InChI=1S/C11H16BrNO2/c12-11-4-3-10(15-11)7-13-5-1-2-9(6-13)8-14/h3-4,9,14H,1-2,5-8H2/p+1/t9-/m1/s1. The molecule has 0 radical (unpaired) electrons. The van der Waals surface area contributed by atoms with Crippen molar-refractivity contribution in [1.82, 2.24) is 0 Å². The molecule has 0 spiro atoms. The number of quaternary nitrogens is 1. The van der Waals surface area contributed by atoms with Gasteiger partial charge in [0.1, 0.15) is 6.54 Å². The van der Waals surface area contributed by atoms with Gasteiger partial charge in [0, 0.05) is 5.92 Å². The fourth-order valence-electron chi connectivity index (χ4n) is 2.26. The van der Waals surface area contributed by atoms with Crippen LogP contribution in [0.25, 0.3) is 0 Å². The lowest BCUT2D eigenvalue weighted by Gasteiger charge is -2.28. The molecule has 1 saturated heterocycles. The van der Waals surface area contributed by atoms with Crippen molar-refractivity contribution in [3.63, 3.8) is 0 Å². The van der Waals surface area contributed by atoms with Gasteiger partial charge in [-0.25, -0.2) is 0 Å². The minimum atomic E-state index is 0.325. The number of hydrogen-bond donors (Lipinski definition) is 2. The molecule has 3 nitrogen and oxygen atoms in total. The van der Waals surface area contributed by atoms with Gasteiger partial charge in [-0.05, 0) is 40.9 Å². The van der Waals surface area contributed by atoms with Crippen LogP contribution in [0.4, 0.5) is 0 Å². The van der Waals surface area contributed by atoms with E-state index in [0.29, 0.717) is 12.5 Å². The summed E-state index contributed by atoms with van der Waals surface area (Å²) in [5.41, 5.74) is 0. The first-order chi connectivity index (χ1) is 7.28. The van der Waals surface area contributed by atoms with Crippen LogP contribution in [0.3, 0.4) is 0 Å². The summed E-state index contributed by atoms with van der Waals surface area (Å²) in [6.07, 6.45) is 2.38. The van der Waals surface area contributed by atoms with Crippen molar-refractivity contribution in [2.24, 2.45) is 5.92 Å². The van der Waals surface area contributed by atoms with Gasteiger partial charge in [0.2, 0.25) is 0 Å². The number of furan rings is 1. The second-order valence-electron chi connectivity index (χ2n) is 4.28. The van der Waals surface area contributed by atoms with Crippen molar-refractivity contribution in [3.8, 4) is 0 Å². The van der Waals surface area contributed by atoms with Gasteiger partial charge in [-0.2, -0.15) is 0 Å². The maximum absolute atomic E-state index is 9.13. The number of nitrogens with one attached hydrogen (secondary N) is 1. The third kappa shape index (κ3) is 3.06. The van der Waals surface area contributed by atoms with Crippen molar-refractivity contribution in [3.05, 3.63) is 22.6 Å². The minimum absolute atomic E-state index is 0.325. The SMILES string of the molecule is OC[C@@H]1CCC[NH+](Cc2ccc(Br)o2)C1. The van der Waals surface area contributed by atoms with Crippen LogP contribution in [0.15, 0.2) is 21.2 Å². The molecule has 0 saturated carbocycles. The van der Waals surface area contributed by atoms with Crippen LogP contribution in [0.1, 0.15) is 18.6 Å². The quantitative estimate of drug-likeness (QED) is 0.857. The molecule has 1 aromatic rings. The van der Waals surface area contributed by atoms with E-state index >= 15 is 0 Å². The Morgan fingerprint density at radius 1 is 1.53 bits per heavy atom. The molecule has 2 rings (SSSR count). The van der Waals surface area contributed by atoms with E-state index in [-0.39, 0.29) is 0 Å². The summed E-state index contributed by atoms with van der Waals surface area (Å²) in [6, 6.07) is 3.95. The second-order valence-corrected chi connectivity index (χ2v) is 5.06. The summed E-state index contributed by atoms with van der Waals surface area (Å²) >= 11 is 3.31. The number of aliphatic hydroxyl groups excluding tert-OH is 1. The van der Waals surface area contributed by atoms with Crippen LogP contribution in [-0.2, 0) is 6.54 Å². The number of likely N-dealkylation sites (tertiary alicyclic amines) is 1. The summed E-state index contributed by atoms with van der Waals surface area (Å²) in [4.78, 5) is 1.52. The molecule has 1 fully saturated rings. The van der Waals surface area contributed by atoms with Crippen LogP contribution in [0.2, 0.25) is 0 Å². The number of hydrogen-bond acceptors (Lipinski definition) is 2. The summed E-state index contributed by atoms with van der Waals surface area (Å²) in [6.45, 7) is 3.51. The zero-order valence-corrected chi connectivity index (χ0v) is 10.3. The molecule has 1 aliphatic heterocycles. The van der Waals surface area contributed by atoms with Gasteiger partial charge >= 0.3 is 0 Å². The maximum atomic E-state index is 9.13. The Kier molecular flexibility index (Phi) is 3.83. The zero-order chi connectivity index (χ0) is 10.7. The highest BCUT2D eigenvalue weighted by molar-refractivity contribution is 9.10. The molecule has 2 heterocycles. The molecular weight excluding hydrogens is 258 g/mol. The summed E-state index contributed by atoms with van der Waals surface area (Å²) in [5, 5.41) is 9.13. The normalized spacial score (nSPS) is 26.8. The minimum Gasteiger partial charge on any atom is -0.448 e. The van der Waals surface area contributed by atoms with Crippen molar-refractivity contribution in [2.75, 3.05) is 19.7 Å². The van der Waals surface area contributed by atoms with E-state index in [1.807, 2.05) is 12.1 Å². The predicted molar refractivity (Wildman–Crippen MR) is 60.6 cm³/mol. The first-order valence-electron chi connectivity index (χ1n) is 5.46. The summed E-state index contributed by atoms with van der Waals surface area (Å²) < 4.78 is 6.29. The molecule has 0 amide bonds. The number of aliphatic hydroxyl groups is 1. The third-order valence-electron chi connectivity index (χ3n) is 3.03. The summed E-state index contributed by atoms with van der Waals surface area (Å²) in [5.74, 6) is 1.50. The van der Waals surface area contributed by atoms with Gasteiger partial charge in [-0.3, -0.25) is 0 Å². The first kappa shape index (κ1) is 11.2. The van der Waals surface area contributed by atoms with E-state index in [9.17, 15) is 0 Å². The Hall–Kier alpha value is -0.320. The number of rotatable bonds is 3. The second kappa shape index (κ2) is 5.14. The Labute approximate surface area is 98.2 Å².